The molecule has 0 saturated heterocycles. The first-order valence-electron chi connectivity index (χ1n) is 10.3. The number of nitrogens with zero attached hydrogens (tertiary/aromatic N) is 1. The second-order valence-electron chi connectivity index (χ2n) is 7.97. The van der Waals surface area contributed by atoms with Crippen molar-refractivity contribution in [2.24, 2.45) is 5.92 Å². The molecule has 6 nitrogen and oxygen atoms in total. The number of rotatable bonds is 10. The van der Waals surface area contributed by atoms with Gasteiger partial charge in [0, 0.05) is 39.9 Å². The maximum atomic E-state index is 12.0. The normalized spacial score (nSPS) is 11.8. The Morgan fingerprint density at radius 3 is 2.62 bits per heavy atom. The van der Waals surface area contributed by atoms with Crippen molar-refractivity contribution in [2.45, 2.75) is 27.3 Å². The Kier molecular flexibility index (Phi) is 8.22. The molecule has 32 heavy (non-hydrogen) atoms. The first-order chi connectivity index (χ1) is 15.1. The standard InChI is InChI=1S/C23H27Cl2N3O3S/c1-15(2)14-32(29,30)27-9-10-31-22-6-4-5-19-21(11-16(3)28-23(19)22)26-13-17-7-8-18(24)12-20(17)25/h4-8,11-12,15,27H,9-10,13-14H2,1-3H3,(H,26,28). The molecule has 0 atom stereocenters. The SMILES string of the molecule is Cc1cc(NCc2ccc(Cl)cc2Cl)c2cccc(OCCNS(=O)(=O)CC(C)C)c2n1. The zero-order chi connectivity index (χ0) is 23.3. The molecular formula is C23H27Cl2N3O3S. The average molecular weight is 496 g/mol. The number of anilines is 1. The van der Waals surface area contributed by atoms with Crippen LogP contribution in [0.2, 0.25) is 10.0 Å². The molecule has 0 bridgehead atoms. The summed E-state index contributed by atoms with van der Waals surface area (Å²) in [4.78, 5) is 4.64. The minimum Gasteiger partial charge on any atom is -0.490 e. The highest BCUT2D eigenvalue weighted by molar-refractivity contribution is 7.89. The van der Waals surface area contributed by atoms with Crippen LogP contribution < -0.4 is 14.8 Å². The van der Waals surface area contributed by atoms with E-state index in [0.717, 1.165) is 22.3 Å². The van der Waals surface area contributed by atoms with E-state index in [4.69, 9.17) is 27.9 Å². The molecule has 0 amide bonds. The van der Waals surface area contributed by atoms with Crippen LogP contribution in [0.1, 0.15) is 25.1 Å². The summed E-state index contributed by atoms with van der Waals surface area (Å²) < 4.78 is 32.4. The number of hydrogen-bond donors (Lipinski definition) is 2. The Morgan fingerprint density at radius 1 is 1.12 bits per heavy atom. The van der Waals surface area contributed by atoms with Gasteiger partial charge >= 0.3 is 0 Å². The van der Waals surface area contributed by atoms with E-state index in [2.05, 4.69) is 15.0 Å². The number of benzene rings is 2. The molecule has 0 radical (unpaired) electrons. The highest BCUT2D eigenvalue weighted by atomic mass is 35.5. The second-order valence-corrected chi connectivity index (χ2v) is 10.7. The molecule has 0 aliphatic rings. The van der Waals surface area contributed by atoms with E-state index < -0.39 is 10.0 Å². The Balaban J connectivity index is 1.73. The van der Waals surface area contributed by atoms with Crippen LogP contribution in [-0.2, 0) is 16.6 Å². The number of halogens is 2. The Labute approximate surface area is 199 Å². The number of pyridine rings is 1. The van der Waals surface area contributed by atoms with E-state index in [-0.39, 0.29) is 24.8 Å². The zero-order valence-electron chi connectivity index (χ0n) is 18.3. The molecule has 0 spiro atoms. The van der Waals surface area contributed by atoms with Gasteiger partial charge in [-0.1, -0.05) is 55.2 Å². The van der Waals surface area contributed by atoms with E-state index in [0.29, 0.717) is 27.9 Å². The molecule has 3 rings (SSSR count). The van der Waals surface area contributed by atoms with Crippen LogP contribution in [0, 0.1) is 12.8 Å². The summed E-state index contributed by atoms with van der Waals surface area (Å²) in [5.41, 5.74) is 3.37. The summed E-state index contributed by atoms with van der Waals surface area (Å²) >= 11 is 12.3. The van der Waals surface area contributed by atoms with Gasteiger partial charge in [-0.2, -0.15) is 0 Å². The molecule has 2 N–H and O–H groups in total. The summed E-state index contributed by atoms with van der Waals surface area (Å²) in [7, 11) is -3.31. The molecule has 2 aromatic carbocycles. The fraction of sp³-hybridized carbons (Fsp3) is 0.348. The topological polar surface area (TPSA) is 80.3 Å². The number of hydrogen-bond acceptors (Lipinski definition) is 5. The van der Waals surface area contributed by atoms with Gasteiger partial charge in [0.15, 0.2) is 0 Å². The molecule has 0 unspecified atom stereocenters. The first-order valence-corrected chi connectivity index (χ1v) is 12.7. The summed E-state index contributed by atoms with van der Waals surface area (Å²) in [5, 5.41) is 5.52. The highest BCUT2D eigenvalue weighted by Crippen LogP contribution is 2.31. The Hall–Kier alpha value is -2.06. The van der Waals surface area contributed by atoms with Crippen LogP contribution in [0.15, 0.2) is 42.5 Å². The quantitative estimate of drug-likeness (QED) is 0.367. The number of para-hydroxylation sites is 1. The molecule has 0 aliphatic carbocycles. The van der Waals surface area contributed by atoms with Crippen LogP contribution >= 0.6 is 23.2 Å². The number of aryl methyl sites for hydroxylation is 1. The van der Waals surface area contributed by atoms with Gasteiger partial charge in [-0.3, -0.25) is 0 Å². The van der Waals surface area contributed by atoms with Crippen LogP contribution in [0.5, 0.6) is 5.75 Å². The van der Waals surface area contributed by atoms with E-state index in [1.165, 1.54) is 0 Å². The van der Waals surface area contributed by atoms with Gasteiger partial charge in [0.25, 0.3) is 0 Å². The molecule has 0 aliphatic heterocycles. The van der Waals surface area contributed by atoms with Crippen molar-refractivity contribution in [1.29, 1.82) is 0 Å². The number of sulfonamides is 1. The van der Waals surface area contributed by atoms with Crippen LogP contribution in [0.3, 0.4) is 0 Å². The lowest BCUT2D eigenvalue weighted by molar-refractivity contribution is 0.326. The van der Waals surface area contributed by atoms with Gasteiger partial charge in [-0.25, -0.2) is 18.1 Å². The van der Waals surface area contributed by atoms with Crippen molar-refractivity contribution in [3.05, 3.63) is 63.8 Å². The molecule has 3 aromatic rings. The lowest BCUT2D eigenvalue weighted by Gasteiger charge is -2.15. The largest absolute Gasteiger partial charge is 0.490 e. The van der Waals surface area contributed by atoms with E-state index in [1.54, 1.807) is 6.07 Å². The summed E-state index contributed by atoms with van der Waals surface area (Å²) in [6, 6.07) is 13.1. The fourth-order valence-corrected chi connectivity index (χ4v) is 5.19. The van der Waals surface area contributed by atoms with E-state index in [1.807, 2.05) is 57.2 Å². The highest BCUT2D eigenvalue weighted by Gasteiger charge is 2.13. The number of nitrogens with one attached hydrogen (secondary N) is 2. The molecule has 0 saturated carbocycles. The predicted molar refractivity (Wildman–Crippen MR) is 132 cm³/mol. The summed E-state index contributed by atoms with van der Waals surface area (Å²) in [6.45, 7) is 6.57. The fourth-order valence-electron chi connectivity index (χ4n) is 3.32. The zero-order valence-corrected chi connectivity index (χ0v) is 20.6. The maximum Gasteiger partial charge on any atom is 0.211 e. The monoisotopic (exact) mass is 495 g/mol. The lowest BCUT2D eigenvalue weighted by Crippen LogP contribution is -2.31. The van der Waals surface area contributed by atoms with Gasteiger partial charge in [0.1, 0.15) is 17.9 Å². The minimum absolute atomic E-state index is 0.0623. The molecule has 1 heterocycles. The average Bonchev–Trinajstić information content (AvgIpc) is 2.69. The second kappa shape index (κ2) is 10.7. The van der Waals surface area contributed by atoms with Gasteiger partial charge in [-0.05, 0) is 42.7 Å². The van der Waals surface area contributed by atoms with Crippen LogP contribution in [-0.4, -0.2) is 32.3 Å². The van der Waals surface area contributed by atoms with E-state index >= 15 is 0 Å². The Morgan fingerprint density at radius 2 is 1.91 bits per heavy atom. The molecule has 1 aromatic heterocycles. The van der Waals surface area contributed by atoms with Crippen molar-refractivity contribution in [2.75, 3.05) is 24.2 Å². The van der Waals surface area contributed by atoms with Crippen LogP contribution in [0.25, 0.3) is 10.9 Å². The molecular weight excluding hydrogens is 469 g/mol. The third-order valence-corrected chi connectivity index (χ3v) is 6.99. The number of fused-ring (bicyclic) bond motifs is 1. The molecule has 0 fully saturated rings. The third-order valence-electron chi connectivity index (χ3n) is 4.65. The summed E-state index contributed by atoms with van der Waals surface area (Å²) in [6.07, 6.45) is 0. The van der Waals surface area contributed by atoms with Crippen molar-refractivity contribution in [3.8, 4) is 5.75 Å². The van der Waals surface area contributed by atoms with Crippen molar-refractivity contribution in [3.63, 3.8) is 0 Å². The first kappa shape index (κ1) is 24.6. The van der Waals surface area contributed by atoms with E-state index in [9.17, 15) is 8.42 Å². The van der Waals surface area contributed by atoms with Crippen molar-refractivity contribution >= 4 is 49.8 Å². The van der Waals surface area contributed by atoms with Crippen molar-refractivity contribution in [1.82, 2.24) is 9.71 Å². The predicted octanol–water partition coefficient (Wildman–Crippen LogP) is 5.42. The van der Waals surface area contributed by atoms with Crippen molar-refractivity contribution < 1.29 is 13.2 Å². The number of ether oxygens (including phenoxy) is 1. The smallest absolute Gasteiger partial charge is 0.211 e. The maximum absolute atomic E-state index is 12.0. The third kappa shape index (κ3) is 6.72. The summed E-state index contributed by atoms with van der Waals surface area (Å²) in [5.74, 6) is 0.753. The van der Waals surface area contributed by atoms with Gasteiger partial charge in [0.05, 0.1) is 5.75 Å². The minimum atomic E-state index is -3.31. The molecule has 9 heteroatoms. The van der Waals surface area contributed by atoms with Gasteiger partial charge in [0.2, 0.25) is 10.0 Å². The molecule has 172 valence electrons. The van der Waals surface area contributed by atoms with Gasteiger partial charge in [-0.15, -0.1) is 0 Å². The van der Waals surface area contributed by atoms with Gasteiger partial charge < -0.3 is 10.1 Å². The lowest BCUT2D eigenvalue weighted by atomic mass is 10.1. The Bertz CT molecular complexity index is 1200. The number of aromatic nitrogens is 1. The van der Waals surface area contributed by atoms with Crippen LogP contribution in [0.4, 0.5) is 5.69 Å².